The zero-order valence-corrected chi connectivity index (χ0v) is 8.03. The lowest BCUT2D eigenvalue weighted by atomic mass is 10.2. The van der Waals surface area contributed by atoms with Gasteiger partial charge >= 0.3 is 0 Å². The summed E-state index contributed by atoms with van der Waals surface area (Å²) in [4.78, 5) is 3.99. The second-order valence-electron chi connectivity index (χ2n) is 2.77. The van der Waals surface area contributed by atoms with Crippen molar-refractivity contribution in [1.29, 1.82) is 5.41 Å². The highest BCUT2D eigenvalue weighted by Gasteiger charge is 1.91. The summed E-state index contributed by atoms with van der Waals surface area (Å²) in [5.74, 6) is 0.848. The van der Waals surface area contributed by atoms with Gasteiger partial charge in [-0.25, -0.2) is 0 Å². The summed E-state index contributed by atoms with van der Waals surface area (Å²) in [5, 5.41) is 6.98. The van der Waals surface area contributed by atoms with Crippen LogP contribution in [-0.4, -0.2) is 25.7 Å². The number of benzene rings is 1. The van der Waals surface area contributed by atoms with Crippen LogP contribution >= 0.6 is 0 Å². The molecule has 3 N–H and O–H groups in total. The standard InChI is InChI=1S/C10H13N3O/c1-14-9-4-2-3-8(5-9)6-13-7-10(11)12/h2-6H,7H2,1H3,(H3,11,12). The highest BCUT2D eigenvalue weighted by molar-refractivity contribution is 5.84. The highest BCUT2D eigenvalue weighted by atomic mass is 16.5. The summed E-state index contributed by atoms with van der Waals surface area (Å²) in [6.07, 6.45) is 1.67. The first-order valence-corrected chi connectivity index (χ1v) is 4.19. The van der Waals surface area contributed by atoms with Gasteiger partial charge in [0.05, 0.1) is 13.7 Å². The molecule has 4 nitrogen and oxygen atoms in total. The summed E-state index contributed by atoms with van der Waals surface area (Å²) in [7, 11) is 1.62. The van der Waals surface area contributed by atoms with Gasteiger partial charge in [-0.1, -0.05) is 12.1 Å². The molecule has 1 aromatic rings. The van der Waals surface area contributed by atoms with Gasteiger partial charge < -0.3 is 10.5 Å². The molecular formula is C10H13N3O. The van der Waals surface area contributed by atoms with E-state index in [1.165, 1.54) is 0 Å². The van der Waals surface area contributed by atoms with Crippen molar-refractivity contribution in [2.75, 3.05) is 13.7 Å². The Balaban J connectivity index is 2.66. The van der Waals surface area contributed by atoms with E-state index in [4.69, 9.17) is 15.9 Å². The van der Waals surface area contributed by atoms with Crippen molar-refractivity contribution >= 4 is 12.1 Å². The van der Waals surface area contributed by atoms with Gasteiger partial charge in [0, 0.05) is 6.21 Å². The van der Waals surface area contributed by atoms with Gasteiger partial charge in [-0.05, 0) is 17.7 Å². The third-order valence-electron chi connectivity index (χ3n) is 1.60. The van der Waals surface area contributed by atoms with E-state index in [0.29, 0.717) is 0 Å². The third kappa shape index (κ3) is 3.26. The molecule has 0 saturated carbocycles. The Morgan fingerprint density at radius 3 is 3.07 bits per heavy atom. The first kappa shape index (κ1) is 10.2. The predicted octanol–water partition coefficient (Wildman–Crippen LogP) is 1.05. The van der Waals surface area contributed by atoms with E-state index < -0.39 is 0 Å². The van der Waals surface area contributed by atoms with Gasteiger partial charge in [-0.15, -0.1) is 0 Å². The van der Waals surface area contributed by atoms with Gasteiger partial charge in [0.2, 0.25) is 0 Å². The predicted molar refractivity (Wildman–Crippen MR) is 57.4 cm³/mol. The second-order valence-corrected chi connectivity index (χ2v) is 2.77. The Labute approximate surface area is 82.9 Å². The molecule has 74 valence electrons. The quantitative estimate of drug-likeness (QED) is 0.551. The number of nitrogens with one attached hydrogen (secondary N) is 1. The van der Waals surface area contributed by atoms with Gasteiger partial charge in [-0.3, -0.25) is 10.4 Å². The number of ether oxygens (including phenoxy) is 1. The van der Waals surface area contributed by atoms with E-state index in [1.807, 2.05) is 24.3 Å². The van der Waals surface area contributed by atoms with Crippen LogP contribution in [0.2, 0.25) is 0 Å². The van der Waals surface area contributed by atoms with Crippen LogP contribution < -0.4 is 10.5 Å². The van der Waals surface area contributed by atoms with E-state index in [-0.39, 0.29) is 12.4 Å². The Morgan fingerprint density at radius 1 is 1.64 bits per heavy atom. The van der Waals surface area contributed by atoms with Crippen molar-refractivity contribution < 1.29 is 4.74 Å². The largest absolute Gasteiger partial charge is 0.497 e. The summed E-state index contributed by atoms with van der Waals surface area (Å²) >= 11 is 0. The van der Waals surface area contributed by atoms with Gasteiger partial charge in [0.15, 0.2) is 0 Å². The topological polar surface area (TPSA) is 71.5 Å². The molecule has 0 bridgehead atoms. The fraction of sp³-hybridized carbons (Fsp3) is 0.200. The average Bonchev–Trinajstić information content (AvgIpc) is 2.18. The fourth-order valence-electron chi connectivity index (χ4n) is 0.971. The molecule has 0 saturated heterocycles. The van der Waals surface area contributed by atoms with E-state index in [9.17, 15) is 0 Å². The van der Waals surface area contributed by atoms with Crippen LogP contribution in [-0.2, 0) is 0 Å². The summed E-state index contributed by atoms with van der Waals surface area (Å²) in [5.41, 5.74) is 6.09. The van der Waals surface area contributed by atoms with Crippen molar-refractivity contribution in [1.82, 2.24) is 0 Å². The Morgan fingerprint density at radius 2 is 2.43 bits per heavy atom. The Bertz CT molecular complexity index is 347. The van der Waals surface area contributed by atoms with Crippen LogP contribution in [0.25, 0.3) is 0 Å². The molecule has 0 spiro atoms. The minimum atomic E-state index is 0.0594. The third-order valence-corrected chi connectivity index (χ3v) is 1.60. The smallest absolute Gasteiger partial charge is 0.119 e. The number of aliphatic imine (C=N–C) groups is 1. The molecule has 0 amide bonds. The van der Waals surface area contributed by atoms with Crippen LogP contribution in [0, 0.1) is 5.41 Å². The molecule has 0 radical (unpaired) electrons. The Kier molecular flexibility index (Phi) is 3.67. The van der Waals surface area contributed by atoms with Crippen molar-refractivity contribution in [2.45, 2.75) is 0 Å². The minimum absolute atomic E-state index is 0.0594. The van der Waals surface area contributed by atoms with E-state index >= 15 is 0 Å². The number of methoxy groups -OCH3 is 1. The van der Waals surface area contributed by atoms with Crippen LogP contribution in [0.15, 0.2) is 29.3 Å². The maximum Gasteiger partial charge on any atom is 0.119 e. The molecule has 0 aliphatic carbocycles. The summed E-state index contributed by atoms with van der Waals surface area (Å²) < 4.78 is 5.05. The van der Waals surface area contributed by atoms with Gasteiger partial charge in [0.25, 0.3) is 0 Å². The molecule has 4 heteroatoms. The van der Waals surface area contributed by atoms with Crippen LogP contribution in [0.1, 0.15) is 5.56 Å². The van der Waals surface area contributed by atoms with E-state index in [1.54, 1.807) is 13.3 Å². The monoisotopic (exact) mass is 191 g/mol. The molecule has 1 rings (SSSR count). The van der Waals surface area contributed by atoms with Crippen molar-refractivity contribution in [2.24, 2.45) is 10.7 Å². The van der Waals surface area contributed by atoms with E-state index in [0.717, 1.165) is 11.3 Å². The second kappa shape index (κ2) is 5.01. The minimum Gasteiger partial charge on any atom is -0.497 e. The molecule has 14 heavy (non-hydrogen) atoms. The normalized spacial score (nSPS) is 10.4. The number of hydrogen-bond donors (Lipinski definition) is 2. The molecule has 0 heterocycles. The van der Waals surface area contributed by atoms with Crippen LogP contribution in [0.5, 0.6) is 5.75 Å². The lowest BCUT2D eigenvalue weighted by Crippen LogP contribution is -2.12. The molecular weight excluding hydrogens is 178 g/mol. The molecule has 0 aromatic heterocycles. The molecule has 0 unspecified atom stereocenters. The SMILES string of the molecule is COc1cccc(C=NCC(=N)N)c1. The molecule has 1 aromatic carbocycles. The Hall–Kier alpha value is -1.84. The molecule has 0 aliphatic rings. The highest BCUT2D eigenvalue weighted by Crippen LogP contribution is 2.10. The number of amidine groups is 1. The van der Waals surface area contributed by atoms with Crippen molar-refractivity contribution in [3.8, 4) is 5.75 Å². The summed E-state index contributed by atoms with van der Waals surface area (Å²) in [6.45, 7) is 0.233. The van der Waals surface area contributed by atoms with Crippen LogP contribution in [0.4, 0.5) is 0 Å². The van der Waals surface area contributed by atoms with Crippen molar-refractivity contribution in [3.05, 3.63) is 29.8 Å². The fourth-order valence-corrected chi connectivity index (χ4v) is 0.971. The van der Waals surface area contributed by atoms with Crippen molar-refractivity contribution in [3.63, 3.8) is 0 Å². The summed E-state index contributed by atoms with van der Waals surface area (Å²) in [6, 6.07) is 7.52. The van der Waals surface area contributed by atoms with Gasteiger partial charge in [-0.2, -0.15) is 0 Å². The zero-order chi connectivity index (χ0) is 10.4. The molecule has 0 fully saturated rings. The zero-order valence-electron chi connectivity index (χ0n) is 8.03. The molecule has 0 aliphatic heterocycles. The van der Waals surface area contributed by atoms with Gasteiger partial charge in [0.1, 0.15) is 11.6 Å². The number of nitrogens with two attached hydrogens (primary N) is 1. The number of nitrogens with zero attached hydrogens (tertiary/aromatic N) is 1. The van der Waals surface area contributed by atoms with Crippen LogP contribution in [0.3, 0.4) is 0 Å². The molecule has 0 atom stereocenters. The average molecular weight is 191 g/mol. The lowest BCUT2D eigenvalue weighted by Gasteiger charge is -1.99. The van der Waals surface area contributed by atoms with E-state index in [2.05, 4.69) is 4.99 Å². The first-order valence-electron chi connectivity index (χ1n) is 4.19. The first-order chi connectivity index (χ1) is 6.72. The number of hydrogen-bond acceptors (Lipinski definition) is 3. The maximum absolute atomic E-state index is 6.98. The lowest BCUT2D eigenvalue weighted by molar-refractivity contribution is 0.415. The maximum atomic E-state index is 6.98. The number of rotatable bonds is 4.